The molecular formula is C13H16BrClS. The smallest absolute Gasteiger partial charge is 0.0701 e. The van der Waals surface area contributed by atoms with Gasteiger partial charge in [-0.1, -0.05) is 6.42 Å². The van der Waals surface area contributed by atoms with Crippen molar-refractivity contribution in [2.24, 2.45) is 17.8 Å². The van der Waals surface area contributed by atoms with E-state index in [1.165, 1.54) is 40.8 Å². The molecule has 2 fully saturated rings. The third kappa shape index (κ3) is 2.21. The van der Waals surface area contributed by atoms with Crippen molar-refractivity contribution in [2.75, 3.05) is 0 Å². The summed E-state index contributed by atoms with van der Waals surface area (Å²) in [6.45, 7) is 0. The second-order valence-corrected chi connectivity index (χ2v) is 8.30. The van der Waals surface area contributed by atoms with Crippen molar-refractivity contribution in [1.82, 2.24) is 0 Å². The first-order valence-corrected chi connectivity index (χ1v) is 8.16. The third-order valence-electron chi connectivity index (χ3n) is 4.30. The van der Waals surface area contributed by atoms with Gasteiger partial charge in [-0.05, 0) is 71.5 Å². The fraction of sp³-hybridized carbons (Fsp3) is 0.692. The summed E-state index contributed by atoms with van der Waals surface area (Å²) >= 11 is 11.8. The van der Waals surface area contributed by atoms with Crippen molar-refractivity contribution in [2.45, 2.75) is 37.5 Å². The molecule has 2 bridgehead atoms. The SMILES string of the molecule is ClC(CC1CC2CCC1C2)c1ccc(Br)s1. The molecule has 88 valence electrons. The summed E-state index contributed by atoms with van der Waals surface area (Å²) in [5.74, 6) is 2.94. The fourth-order valence-corrected chi connectivity index (χ4v) is 5.39. The van der Waals surface area contributed by atoms with Gasteiger partial charge >= 0.3 is 0 Å². The van der Waals surface area contributed by atoms with Crippen LogP contribution in [0.4, 0.5) is 0 Å². The highest BCUT2D eigenvalue weighted by atomic mass is 79.9. The van der Waals surface area contributed by atoms with E-state index in [1.807, 2.05) is 0 Å². The van der Waals surface area contributed by atoms with Gasteiger partial charge in [-0.2, -0.15) is 0 Å². The summed E-state index contributed by atoms with van der Waals surface area (Å²) in [5, 5.41) is 0.237. The molecule has 4 unspecified atom stereocenters. The Hall–Kier alpha value is 0.470. The van der Waals surface area contributed by atoms with Crippen molar-refractivity contribution in [3.05, 3.63) is 20.8 Å². The standard InChI is InChI=1S/C13H16BrClS/c14-13-4-3-12(16-13)11(15)7-10-6-8-1-2-9(10)5-8/h3-4,8-11H,1-2,5-7H2. The molecule has 0 aromatic carbocycles. The van der Waals surface area contributed by atoms with Crippen LogP contribution < -0.4 is 0 Å². The van der Waals surface area contributed by atoms with Gasteiger partial charge in [0.1, 0.15) is 0 Å². The van der Waals surface area contributed by atoms with Crippen molar-refractivity contribution in [3.63, 3.8) is 0 Å². The average Bonchev–Trinajstić information content (AvgIpc) is 2.92. The summed E-state index contributed by atoms with van der Waals surface area (Å²) in [6, 6.07) is 4.27. The summed E-state index contributed by atoms with van der Waals surface area (Å²) < 4.78 is 1.20. The summed E-state index contributed by atoms with van der Waals surface area (Å²) in [5.41, 5.74) is 0. The Kier molecular flexibility index (Phi) is 3.34. The highest BCUT2D eigenvalue weighted by molar-refractivity contribution is 9.11. The van der Waals surface area contributed by atoms with Crippen LogP contribution in [0.1, 0.15) is 42.4 Å². The lowest BCUT2D eigenvalue weighted by Crippen LogP contribution is -2.12. The van der Waals surface area contributed by atoms with Crippen molar-refractivity contribution in [1.29, 1.82) is 0 Å². The van der Waals surface area contributed by atoms with Gasteiger partial charge in [0.2, 0.25) is 0 Å². The van der Waals surface area contributed by atoms with Gasteiger partial charge in [0.05, 0.1) is 9.16 Å². The van der Waals surface area contributed by atoms with Gasteiger partial charge in [-0.3, -0.25) is 0 Å². The monoisotopic (exact) mass is 318 g/mol. The van der Waals surface area contributed by atoms with Crippen LogP contribution in [0.3, 0.4) is 0 Å². The predicted octanol–water partition coefficient (Wildman–Crippen LogP) is 5.62. The minimum absolute atomic E-state index is 0.237. The van der Waals surface area contributed by atoms with Gasteiger partial charge < -0.3 is 0 Å². The van der Waals surface area contributed by atoms with Gasteiger partial charge in [-0.15, -0.1) is 22.9 Å². The lowest BCUT2D eigenvalue weighted by molar-refractivity contribution is 0.312. The summed E-state index contributed by atoms with van der Waals surface area (Å²) in [6.07, 6.45) is 7.07. The van der Waals surface area contributed by atoms with E-state index in [0.29, 0.717) is 0 Å². The molecular weight excluding hydrogens is 304 g/mol. The Morgan fingerprint density at radius 3 is 2.81 bits per heavy atom. The van der Waals surface area contributed by atoms with Crippen LogP contribution in [0.2, 0.25) is 0 Å². The summed E-state index contributed by atoms with van der Waals surface area (Å²) in [4.78, 5) is 1.33. The molecule has 0 nitrogen and oxygen atoms in total. The molecule has 0 spiro atoms. The van der Waals surface area contributed by atoms with E-state index in [9.17, 15) is 0 Å². The van der Waals surface area contributed by atoms with Crippen LogP contribution in [0, 0.1) is 17.8 Å². The quantitative estimate of drug-likeness (QED) is 0.635. The molecule has 0 radical (unpaired) electrons. The van der Waals surface area contributed by atoms with Gasteiger partial charge in [-0.25, -0.2) is 0 Å². The van der Waals surface area contributed by atoms with E-state index in [0.717, 1.165) is 17.8 Å². The van der Waals surface area contributed by atoms with Crippen LogP contribution in [-0.2, 0) is 0 Å². The van der Waals surface area contributed by atoms with Crippen LogP contribution in [0.15, 0.2) is 15.9 Å². The average molecular weight is 320 g/mol. The Morgan fingerprint density at radius 1 is 1.38 bits per heavy atom. The minimum atomic E-state index is 0.237. The van der Waals surface area contributed by atoms with E-state index < -0.39 is 0 Å². The van der Waals surface area contributed by atoms with Crippen molar-refractivity contribution < 1.29 is 0 Å². The second-order valence-electron chi connectivity index (χ2n) is 5.28. The zero-order valence-corrected chi connectivity index (χ0v) is 12.3. The Balaban J connectivity index is 1.62. The molecule has 3 heteroatoms. The number of rotatable bonds is 3. The number of hydrogen-bond acceptors (Lipinski definition) is 1. The Bertz CT molecular complexity index is 376. The number of alkyl halides is 1. The first-order chi connectivity index (χ1) is 7.72. The van der Waals surface area contributed by atoms with E-state index in [4.69, 9.17) is 11.6 Å². The number of halogens is 2. The topological polar surface area (TPSA) is 0 Å². The molecule has 3 rings (SSSR count). The largest absolute Gasteiger partial charge is 0.132 e. The fourth-order valence-electron chi connectivity index (χ4n) is 3.54. The first kappa shape index (κ1) is 11.6. The number of hydrogen-bond donors (Lipinski definition) is 0. The maximum Gasteiger partial charge on any atom is 0.0701 e. The van der Waals surface area contributed by atoms with Crippen molar-refractivity contribution in [3.8, 4) is 0 Å². The minimum Gasteiger partial charge on any atom is -0.132 e. The third-order valence-corrected chi connectivity index (χ3v) is 6.58. The van der Waals surface area contributed by atoms with Gasteiger partial charge in [0.25, 0.3) is 0 Å². The lowest BCUT2D eigenvalue weighted by atomic mass is 9.85. The maximum absolute atomic E-state index is 6.53. The van der Waals surface area contributed by atoms with E-state index >= 15 is 0 Å². The molecule has 4 atom stereocenters. The molecule has 2 aliphatic rings. The molecule has 0 N–H and O–H groups in total. The normalized spacial score (nSPS) is 34.5. The molecule has 0 aliphatic heterocycles. The molecule has 0 saturated heterocycles. The van der Waals surface area contributed by atoms with Crippen LogP contribution >= 0.6 is 38.9 Å². The van der Waals surface area contributed by atoms with Gasteiger partial charge in [0.15, 0.2) is 0 Å². The molecule has 1 aromatic rings. The molecule has 1 aromatic heterocycles. The molecule has 1 heterocycles. The zero-order valence-electron chi connectivity index (χ0n) is 9.16. The molecule has 16 heavy (non-hydrogen) atoms. The molecule has 2 saturated carbocycles. The Morgan fingerprint density at radius 2 is 2.25 bits per heavy atom. The summed E-state index contributed by atoms with van der Waals surface area (Å²) in [7, 11) is 0. The second kappa shape index (κ2) is 4.62. The number of thiophene rings is 1. The predicted molar refractivity (Wildman–Crippen MR) is 74.2 cm³/mol. The maximum atomic E-state index is 6.53. The first-order valence-electron chi connectivity index (χ1n) is 6.11. The van der Waals surface area contributed by atoms with Crippen LogP contribution in [0.25, 0.3) is 0 Å². The zero-order chi connectivity index (χ0) is 11.1. The highest BCUT2D eigenvalue weighted by Gasteiger charge is 2.40. The van der Waals surface area contributed by atoms with Crippen LogP contribution in [0.5, 0.6) is 0 Å². The molecule has 2 aliphatic carbocycles. The number of fused-ring (bicyclic) bond motifs is 2. The highest BCUT2D eigenvalue weighted by Crippen LogP contribution is 2.52. The van der Waals surface area contributed by atoms with Crippen LogP contribution in [-0.4, -0.2) is 0 Å². The van der Waals surface area contributed by atoms with E-state index in [-0.39, 0.29) is 5.38 Å². The molecule has 0 amide bonds. The Labute approximate surface area is 115 Å². The van der Waals surface area contributed by atoms with E-state index in [2.05, 4.69) is 28.1 Å². The van der Waals surface area contributed by atoms with Gasteiger partial charge in [0, 0.05) is 4.88 Å². The lowest BCUT2D eigenvalue weighted by Gasteiger charge is -2.23. The van der Waals surface area contributed by atoms with Crippen molar-refractivity contribution >= 4 is 38.9 Å². The van der Waals surface area contributed by atoms with E-state index in [1.54, 1.807) is 11.3 Å².